The highest BCUT2D eigenvalue weighted by atomic mass is 35.5. The number of rotatable bonds is 5. The fourth-order valence-corrected chi connectivity index (χ4v) is 3.16. The number of carbonyl (C=O) groups excluding carboxylic acids is 1. The molecule has 140 valence electrons. The van der Waals surface area contributed by atoms with Gasteiger partial charge in [-0.2, -0.15) is 4.68 Å². The van der Waals surface area contributed by atoms with Gasteiger partial charge in [0.15, 0.2) is 11.5 Å². The smallest absolute Gasteiger partial charge is 0.277 e. The van der Waals surface area contributed by atoms with Crippen LogP contribution in [0.25, 0.3) is 17.0 Å². The van der Waals surface area contributed by atoms with Gasteiger partial charge in [0.05, 0.1) is 5.69 Å². The van der Waals surface area contributed by atoms with Crippen molar-refractivity contribution in [1.29, 1.82) is 0 Å². The maximum absolute atomic E-state index is 12.5. The van der Waals surface area contributed by atoms with E-state index in [9.17, 15) is 4.79 Å². The molecule has 0 bridgehead atoms. The Hall–Kier alpha value is -3.17. The lowest BCUT2D eigenvalue weighted by atomic mass is 10.1. The summed E-state index contributed by atoms with van der Waals surface area (Å²) in [6, 6.07) is 15.9. The number of tetrazole rings is 1. The van der Waals surface area contributed by atoms with E-state index in [1.807, 2.05) is 18.4 Å². The number of carbonyl (C=O) groups is 1. The molecule has 0 radical (unpaired) electrons. The number of benzene rings is 2. The molecule has 0 aliphatic rings. The van der Waals surface area contributed by atoms with Crippen LogP contribution in [0.4, 0.5) is 5.69 Å². The molecule has 0 fully saturated rings. The largest absolute Gasteiger partial charge is 0.355 e. The highest BCUT2D eigenvalue weighted by Crippen LogP contribution is 2.24. The predicted molar refractivity (Wildman–Crippen MR) is 106 cm³/mol. The molecule has 1 amide bonds. The number of halogens is 1. The van der Waals surface area contributed by atoms with Crippen molar-refractivity contribution in [3.05, 3.63) is 65.3 Å². The number of hydrogen-bond acceptors (Lipinski definition) is 7. The molecule has 1 N–H and O–H groups in total. The molecule has 4 aromatic rings. The lowest BCUT2D eigenvalue weighted by Crippen LogP contribution is -2.12. The highest BCUT2D eigenvalue weighted by Gasteiger charge is 2.15. The minimum atomic E-state index is -0.393. The summed E-state index contributed by atoms with van der Waals surface area (Å²) in [5.41, 5.74) is 2.21. The molecular formula is C18H13ClN6O2S. The number of aromatic nitrogens is 5. The van der Waals surface area contributed by atoms with Crippen molar-refractivity contribution in [2.45, 2.75) is 5.16 Å². The van der Waals surface area contributed by atoms with Crippen LogP contribution >= 0.6 is 23.4 Å². The van der Waals surface area contributed by atoms with Crippen LogP contribution in [0.5, 0.6) is 0 Å². The number of anilines is 1. The molecule has 0 saturated heterocycles. The Labute approximate surface area is 168 Å². The predicted octanol–water partition coefficient (Wildman–Crippen LogP) is 3.94. The first-order chi connectivity index (χ1) is 13.6. The molecule has 0 aliphatic heterocycles. The molecule has 8 nitrogen and oxygen atoms in total. The Morgan fingerprint density at radius 2 is 2.04 bits per heavy atom. The maximum atomic E-state index is 12.5. The number of amides is 1. The minimum absolute atomic E-state index is 0.160. The van der Waals surface area contributed by atoms with Crippen molar-refractivity contribution in [1.82, 2.24) is 25.4 Å². The van der Waals surface area contributed by atoms with Gasteiger partial charge in [-0.15, -0.1) is 5.10 Å². The monoisotopic (exact) mass is 412 g/mol. The lowest BCUT2D eigenvalue weighted by molar-refractivity contribution is 0.101. The van der Waals surface area contributed by atoms with Gasteiger partial charge in [-0.25, -0.2) is 0 Å². The van der Waals surface area contributed by atoms with E-state index in [-0.39, 0.29) is 5.69 Å². The van der Waals surface area contributed by atoms with E-state index in [1.165, 1.54) is 11.8 Å². The summed E-state index contributed by atoms with van der Waals surface area (Å²) < 4.78 is 6.87. The summed E-state index contributed by atoms with van der Waals surface area (Å²) >= 11 is 7.41. The van der Waals surface area contributed by atoms with Gasteiger partial charge in [-0.1, -0.05) is 46.7 Å². The van der Waals surface area contributed by atoms with E-state index >= 15 is 0 Å². The van der Waals surface area contributed by atoms with Gasteiger partial charge >= 0.3 is 0 Å². The SMILES string of the molecule is CSc1nnnn1-c1cccc(NC(=O)c2cc(-c3cccc(Cl)c3)on2)c1. The molecule has 28 heavy (non-hydrogen) atoms. The summed E-state index contributed by atoms with van der Waals surface area (Å²) in [7, 11) is 0. The second-order valence-corrected chi connectivity index (χ2v) is 6.88. The molecule has 0 spiro atoms. The molecule has 2 aromatic carbocycles. The van der Waals surface area contributed by atoms with Gasteiger partial charge in [-0.05, 0) is 47.0 Å². The van der Waals surface area contributed by atoms with Gasteiger partial charge in [0, 0.05) is 22.3 Å². The summed E-state index contributed by atoms with van der Waals surface area (Å²) in [5.74, 6) is 0.0655. The van der Waals surface area contributed by atoms with Crippen molar-refractivity contribution < 1.29 is 9.32 Å². The Balaban J connectivity index is 1.54. The number of hydrogen-bond donors (Lipinski definition) is 1. The molecule has 0 saturated carbocycles. The van der Waals surface area contributed by atoms with E-state index in [4.69, 9.17) is 16.1 Å². The summed E-state index contributed by atoms with van der Waals surface area (Å²) in [6.07, 6.45) is 1.88. The van der Waals surface area contributed by atoms with Gasteiger partial charge < -0.3 is 9.84 Å². The summed E-state index contributed by atoms with van der Waals surface area (Å²) in [6.45, 7) is 0. The van der Waals surface area contributed by atoms with Crippen LogP contribution in [0.15, 0.2) is 64.3 Å². The van der Waals surface area contributed by atoms with Gasteiger partial charge in [-0.3, -0.25) is 4.79 Å². The fraction of sp³-hybridized carbons (Fsp3) is 0.0556. The van der Waals surface area contributed by atoms with Crippen LogP contribution in [0.2, 0.25) is 5.02 Å². The zero-order valence-corrected chi connectivity index (χ0v) is 16.1. The Bertz CT molecular complexity index is 1140. The first kappa shape index (κ1) is 18.2. The third-order valence-electron chi connectivity index (χ3n) is 3.82. The topological polar surface area (TPSA) is 98.7 Å². The average Bonchev–Trinajstić information content (AvgIpc) is 3.38. The Morgan fingerprint density at radius 1 is 1.18 bits per heavy atom. The van der Waals surface area contributed by atoms with Crippen LogP contribution in [0.3, 0.4) is 0 Å². The van der Waals surface area contributed by atoms with Crippen LogP contribution < -0.4 is 5.32 Å². The molecule has 0 aliphatic carbocycles. The third-order valence-corrected chi connectivity index (χ3v) is 4.68. The van der Waals surface area contributed by atoms with Crippen LogP contribution in [0, 0.1) is 0 Å². The lowest BCUT2D eigenvalue weighted by Gasteiger charge is -2.06. The normalized spacial score (nSPS) is 10.8. The summed E-state index contributed by atoms with van der Waals surface area (Å²) in [4.78, 5) is 12.5. The van der Waals surface area contributed by atoms with Crippen LogP contribution in [-0.2, 0) is 0 Å². The van der Waals surface area contributed by atoms with Crippen molar-refractivity contribution in [2.75, 3.05) is 11.6 Å². The number of nitrogens with zero attached hydrogens (tertiary/aromatic N) is 5. The first-order valence-electron chi connectivity index (χ1n) is 8.11. The first-order valence-corrected chi connectivity index (χ1v) is 9.71. The standard InChI is InChI=1S/C18H13ClN6O2S/c1-28-18-21-23-24-25(18)14-7-3-6-13(9-14)20-17(26)15-10-16(27-22-15)11-4-2-5-12(19)8-11/h2-10H,1H3,(H,20,26). The van der Waals surface area contributed by atoms with Crippen molar-refractivity contribution in [2.24, 2.45) is 0 Å². The zero-order chi connectivity index (χ0) is 19.5. The second-order valence-electron chi connectivity index (χ2n) is 5.67. The molecule has 4 rings (SSSR count). The van der Waals surface area contributed by atoms with Crippen LogP contribution in [0.1, 0.15) is 10.5 Å². The third kappa shape index (κ3) is 3.75. The van der Waals surface area contributed by atoms with Crippen LogP contribution in [-0.4, -0.2) is 37.5 Å². The molecule has 2 heterocycles. The van der Waals surface area contributed by atoms with Gasteiger partial charge in [0.2, 0.25) is 5.16 Å². The van der Waals surface area contributed by atoms with E-state index in [1.54, 1.807) is 47.1 Å². The second kappa shape index (κ2) is 7.83. The highest BCUT2D eigenvalue weighted by molar-refractivity contribution is 7.98. The van der Waals surface area contributed by atoms with Crippen molar-refractivity contribution in [3.8, 4) is 17.0 Å². The minimum Gasteiger partial charge on any atom is -0.355 e. The van der Waals surface area contributed by atoms with Gasteiger partial charge in [0.1, 0.15) is 0 Å². The van der Waals surface area contributed by atoms with E-state index in [0.29, 0.717) is 21.6 Å². The van der Waals surface area contributed by atoms with E-state index < -0.39 is 5.91 Å². The van der Waals surface area contributed by atoms with Crippen molar-refractivity contribution >= 4 is 35.0 Å². The Kier molecular flexibility index (Phi) is 5.09. The zero-order valence-electron chi connectivity index (χ0n) is 14.5. The Morgan fingerprint density at radius 3 is 2.86 bits per heavy atom. The number of nitrogens with one attached hydrogen (secondary N) is 1. The molecular weight excluding hydrogens is 400 g/mol. The molecule has 0 atom stereocenters. The quantitative estimate of drug-likeness (QED) is 0.495. The molecule has 0 unspecified atom stereocenters. The number of thioether (sulfide) groups is 1. The fourth-order valence-electron chi connectivity index (χ4n) is 2.54. The van der Waals surface area contributed by atoms with Crippen molar-refractivity contribution in [3.63, 3.8) is 0 Å². The summed E-state index contributed by atoms with van der Waals surface area (Å²) in [5, 5.41) is 19.4. The average molecular weight is 413 g/mol. The van der Waals surface area contributed by atoms with E-state index in [0.717, 1.165) is 11.3 Å². The molecule has 10 heteroatoms. The molecule has 2 aromatic heterocycles. The maximum Gasteiger partial charge on any atom is 0.277 e. The van der Waals surface area contributed by atoms with Gasteiger partial charge in [0.25, 0.3) is 5.91 Å². The van der Waals surface area contributed by atoms with E-state index in [2.05, 4.69) is 26.0 Å².